The van der Waals surface area contributed by atoms with Crippen LogP contribution in [0.1, 0.15) is 37.3 Å². The topological polar surface area (TPSA) is 0 Å². The Morgan fingerprint density at radius 1 is 1.36 bits per heavy atom. The van der Waals surface area contributed by atoms with Gasteiger partial charge in [-0.3, -0.25) is 4.39 Å². The average Bonchev–Trinajstić information content (AvgIpc) is 2.20. The largest absolute Gasteiger partial charge is 0.250 e. The number of hydrogen-bond acceptors (Lipinski definition) is 0. The fraction of sp³-hybridized carbons (Fsp3) is 0.500. The number of rotatable bonds is 4. The van der Waals surface area contributed by atoms with E-state index in [4.69, 9.17) is 0 Å². The summed E-state index contributed by atoms with van der Waals surface area (Å²) in [5.41, 5.74) is 1.20. The first-order valence-electron chi connectivity index (χ1n) is 5.04. The minimum absolute atomic E-state index is 0.223. The fourth-order valence-corrected chi connectivity index (χ4v) is 1.53. The third-order valence-electron chi connectivity index (χ3n) is 2.39. The van der Waals surface area contributed by atoms with Crippen LogP contribution in [0.3, 0.4) is 0 Å². The monoisotopic (exact) mass is 198 g/mol. The quantitative estimate of drug-likeness (QED) is 0.689. The Kier molecular flexibility index (Phi) is 4.05. The van der Waals surface area contributed by atoms with Crippen molar-refractivity contribution in [3.8, 4) is 0 Å². The molecule has 0 fully saturated rings. The molecular weight excluding hydrogens is 182 g/mol. The molecule has 0 heterocycles. The van der Waals surface area contributed by atoms with Gasteiger partial charge in [0, 0.05) is 5.92 Å². The molecule has 1 aromatic carbocycles. The SMILES string of the molecule is CCCc1cccc(C(C)CF)c1F. The molecule has 0 aromatic heterocycles. The zero-order chi connectivity index (χ0) is 10.6. The van der Waals surface area contributed by atoms with Crippen LogP contribution < -0.4 is 0 Å². The molecule has 0 bridgehead atoms. The third kappa shape index (κ3) is 2.31. The van der Waals surface area contributed by atoms with Crippen molar-refractivity contribution in [3.63, 3.8) is 0 Å². The van der Waals surface area contributed by atoms with Crippen molar-refractivity contribution >= 4 is 0 Å². The highest BCUT2D eigenvalue weighted by molar-refractivity contribution is 5.28. The molecule has 0 N–H and O–H groups in total. The highest BCUT2D eigenvalue weighted by Crippen LogP contribution is 2.22. The predicted octanol–water partition coefficient (Wildman–Crippen LogP) is 3.85. The van der Waals surface area contributed by atoms with Gasteiger partial charge in [-0.15, -0.1) is 0 Å². The van der Waals surface area contributed by atoms with E-state index in [2.05, 4.69) is 0 Å². The van der Waals surface area contributed by atoms with Gasteiger partial charge in [0.15, 0.2) is 0 Å². The van der Waals surface area contributed by atoms with Crippen LogP contribution in [0.25, 0.3) is 0 Å². The summed E-state index contributed by atoms with van der Waals surface area (Å²) in [4.78, 5) is 0. The molecule has 0 radical (unpaired) electrons. The number of benzene rings is 1. The van der Waals surface area contributed by atoms with E-state index >= 15 is 0 Å². The van der Waals surface area contributed by atoms with E-state index in [0.29, 0.717) is 11.1 Å². The molecule has 0 aliphatic rings. The van der Waals surface area contributed by atoms with Crippen LogP contribution in [0.5, 0.6) is 0 Å². The lowest BCUT2D eigenvalue weighted by Gasteiger charge is -2.11. The second-order valence-corrected chi connectivity index (χ2v) is 3.63. The molecule has 1 rings (SSSR count). The van der Waals surface area contributed by atoms with Gasteiger partial charge in [0.25, 0.3) is 0 Å². The summed E-state index contributed by atoms with van der Waals surface area (Å²) in [7, 11) is 0. The lowest BCUT2D eigenvalue weighted by molar-refractivity contribution is 0.435. The molecule has 0 saturated carbocycles. The van der Waals surface area contributed by atoms with Crippen molar-refractivity contribution in [1.82, 2.24) is 0 Å². The maximum Gasteiger partial charge on any atom is 0.129 e. The summed E-state index contributed by atoms with van der Waals surface area (Å²) in [6, 6.07) is 5.24. The van der Waals surface area contributed by atoms with Crippen molar-refractivity contribution < 1.29 is 8.78 Å². The van der Waals surface area contributed by atoms with Gasteiger partial charge >= 0.3 is 0 Å². The molecule has 1 aromatic rings. The second-order valence-electron chi connectivity index (χ2n) is 3.63. The molecule has 14 heavy (non-hydrogen) atoms. The maximum atomic E-state index is 13.7. The standard InChI is InChI=1S/C12H16F2/c1-3-5-10-6-4-7-11(12(10)14)9(2)8-13/h4,6-7,9H,3,5,8H2,1-2H3. The first-order chi connectivity index (χ1) is 6.70. The zero-order valence-electron chi connectivity index (χ0n) is 8.69. The Bertz CT molecular complexity index is 294. The lowest BCUT2D eigenvalue weighted by atomic mass is 9.97. The summed E-state index contributed by atoms with van der Waals surface area (Å²) in [6.45, 7) is 3.20. The van der Waals surface area contributed by atoms with Gasteiger partial charge in [-0.2, -0.15) is 0 Å². The Hall–Kier alpha value is -0.920. The average molecular weight is 198 g/mol. The molecule has 1 unspecified atom stereocenters. The van der Waals surface area contributed by atoms with Gasteiger partial charge in [-0.05, 0) is 17.5 Å². The number of alkyl halides is 1. The van der Waals surface area contributed by atoms with Crippen LogP contribution in [0, 0.1) is 5.82 Å². The molecule has 0 spiro atoms. The Labute approximate surface area is 84.0 Å². The van der Waals surface area contributed by atoms with E-state index < -0.39 is 6.67 Å². The highest BCUT2D eigenvalue weighted by Gasteiger charge is 2.12. The molecule has 0 saturated heterocycles. The summed E-state index contributed by atoms with van der Waals surface area (Å²) >= 11 is 0. The predicted molar refractivity (Wildman–Crippen MR) is 54.8 cm³/mol. The first kappa shape index (κ1) is 11.2. The molecule has 78 valence electrons. The Morgan fingerprint density at radius 3 is 2.64 bits per heavy atom. The van der Waals surface area contributed by atoms with Crippen molar-refractivity contribution in [2.24, 2.45) is 0 Å². The van der Waals surface area contributed by atoms with Crippen LogP contribution in [0.2, 0.25) is 0 Å². The third-order valence-corrected chi connectivity index (χ3v) is 2.39. The van der Waals surface area contributed by atoms with Crippen molar-refractivity contribution in [2.75, 3.05) is 6.67 Å². The molecule has 0 amide bonds. The smallest absolute Gasteiger partial charge is 0.129 e. The summed E-state index contributed by atoms with van der Waals surface area (Å²) in [6.07, 6.45) is 1.63. The van der Waals surface area contributed by atoms with E-state index in [1.807, 2.05) is 6.92 Å². The van der Waals surface area contributed by atoms with Crippen LogP contribution in [-0.4, -0.2) is 6.67 Å². The molecule has 0 aliphatic heterocycles. The maximum absolute atomic E-state index is 13.7. The van der Waals surface area contributed by atoms with Crippen LogP contribution in [-0.2, 0) is 6.42 Å². The van der Waals surface area contributed by atoms with Crippen LogP contribution >= 0.6 is 0 Å². The van der Waals surface area contributed by atoms with E-state index in [0.717, 1.165) is 12.8 Å². The molecule has 0 aliphatic carbocycles. The van der Waals surface area contributed by atoms with Gasteiger partial charge < -0.3 is 0 Å². The zero-order valence-corrected chi connectivity index (χ0v) is 8.69. The van der Waals surface area contributed by atoms with Gasteiger partial charge in [0.2, 0.25) is 0 Å². The van der Waals surface area contributed by atoms with Gasteiger partial charge in [0.1, 0.15) is 5.82 Å². The first-order valence-corrected chi connectivity index (χ1v) is 5.04. The van der Waals surface area contributed by atoms with E-state index in [-0.39, 0.29) is 11.7 Å². The molecule has 0 nitrogen and oxygen atoms in total. The van der Waals surface area contributed by atoms with Gasteiger partial charge in [0.05, 0.1) is 6.67 Å². The summed E-state index contributed by atoms with van der Waals surface area (Å²) in [5.74, 6) is -0.564. The Balaban J connectivity index is 3.00. The van der Waals surface area contributed by atoms with Crippen molar-refractivity contribution in [2.45, 2.75) is 32.6 Å². The normalized spacial score (nSPS) is 12.9. The fourth-order valence-electron chi connectivity index (χ4n) is 1.53. The molecule has 2 heteroatoms. The van der Waals surface area contributed by atoms with Crippen LogP contribution in [0.15, 0.2) is 18.2 Å². The van der Waals surface area contributed by atoms with Gasteiger partial charge in [-0.1, -0.05) is 38.5 Å². The lowest BCUT2D eigenvalue weighted by Crippen LogP contribution is -2.02. The number of halogens is 2. The van der Waals surface area contributed by atoms with E-state index in [9.17, 15) is 8.78 Å². The summed E-state index contributed by atoms with van der Waals surface area (Å²) < 4.78 is 26.1. The van der Waals surface area contributed by atoms with E-state index in [1.165, 1.54) is 0 Å². The van der Waals surface area contributed by atoms with E-state index in [1.54, 1.807) is 25.1 Å². The Morgan fingerprint density at radius 2 is 2.07 bits per heavy atom. The minimum atomic E-state index is -0.507. The van der Waals surface area contributed by atoms with Crippen LogP contribution in [0.4, 0.5) is 8.78 Å². The number of aryl methyl sites for hydroxylation is 1. The minimum Gasteiger partial charge on any atom is -0.250 e. The molecular formula is C12H16F2. The summed E-state index contributed by atoms with van der Waals surface area (Å²) in [5, 5.41) is 0. The highest BCUT2D eigenvalue weighted by atomic mass is 19.1. The van der Waals surface area contributed by atoms with Gasteiger partial charge in [-0.25, -0.2) is 4.39 Å². The molecule has 1 atom stereocenters. The second kappa shape index (κ2) is 5.08. The number of hydrogen-bond donors (Lipinski definition) is 0. The van der Waals surface area contributed by atoms with Crippen molar-refractivity contribution in [1.29, 1.82) is 0 Å². The van der Waals surface area contributed by atoms with Crippen molar-refractivity contribution in [3.05, 3.63) is 35.1 Å².